The lowest BCUT2D eigenvalue weighted by atomic mass is 10.2. The number of hydrogen-bond acceptors (Lipinski definition) is 5. The number of carbonyl (C=O) groups is 1. The van der Waals surface area contributed by atoms with Crippen molar-refractivity contribution in [1.82, 2.24) is 10.3 Å². The summed E-state index contributed by atoms with van der Waals surface area (Å²) in [7, 11) is 0. The van der Waals surface area contributed by atoms with Gasteiger partial charge in [0.25, 0.3) is 11.6 Å². The van der Waals surface area contributed by atoms with Crippen LogP contribution in [0.15, 0.2) is 12.3 Å². The van der Waals surface area contributed by atoms with E-state index in [1.54, 1.807) is 0 Å². The molecule has 7 heteroatoms. The van der Waals surface area contributed by atoms with Crippen molar-refractivity contribution in [2.45, 2.75) is 13.8 Å². The summed E-state index contributed by atoms with van der Waals surface area (Å²) in [4.78, 5) is 25.4. The quantitative estimate of drug-likeness (QED) is 0.599. The van der Waals surface area contributed by atoms with Crippen LogP contribution in [0, 0.1) is 16.0 Å². The first-order valence-corrected chi connectivity index (χ1v) is 5.10. The third kappa shape index (κ3) is 3.40. The number of nitrogens with zero attached hydrogens (tertiary/aromatic N) is 2. The summed E-state index contributed by atoms with van der Waals surface area (Å²) >= 11 is 0. The number of nitrogen functional groups attached to an aromatic ring is 1. The monoisotopic (exact) mass is 238 g/mol. The fraction of sp³-hybridized carbons (Fsp3) is 0.400. The number of aromatic nitrogens is 1. The molecule has 0 bridgehead atoms. The maximum Gasteiger partial charge on any atom is 0.300 e. The van der Waals surface area contributed by atoms with Crippen molar-refractivity contribution in [3.05, 3.63) is 27.9 Å². The Morgan fingerprint density at radius 2 is 2.29 bits per heavy atom. The van der Waals surface area contributed by atoms with Crippen LogP contribution in [-0.2, 0) is 0 Å². The molecule has 0 aliphatic carbocycles. The van der Waals surface area contributed by atoms with E-state index >= 15 is 0 Å². The normalized spacial score (nSPS) is 10.3. The second kappa shape index (κ2) is 5.24. The lowest BCUT2D eigenvalue weighted by Gasteiger charge is -2.08. The van der Waals surface area contributed by atoms with Gasteiger partial charge in [-0.1, -0.05) is 13.8 Å². The van der Waals surface area contributed by atoms with Crippen molar-refractivity contribution in [2.75, 3.05) is 12.3 Å². The highest BCUT2D eigenvalue weighted by Gasteiger charge is 2.20. The molecule has 1 heterocycles. The molecule has 0 spiro atoms. The minimum atomic E-state index is -0.656. The number of nitrogens with two attached hydrogens (primary N) is 1. The van der Waals surface area contributed by atoms with Gasteiger partial charge in [0.2, 0.25) is 0 Å². The molecule has 0 unspecified atom stereocenters. The molecule has 1 rings (SSSR count). The molecule has 0 aromatic carbocycles. The molecule has 0 aliphatic heterocycles. The van der Waals surface area contributed by atoms with E-state index in [0.717, 1.165) is 6.20 Å². The number of amides is 1. The fourth-order valence-corrected chi connectivity index (χ4v) is 1.18. The Labute approximate surface area is 98.2 Å². The van der Waals surface area contributed by atoms with E-state index < -0.39 is 10.8 Å². The molecule has 17 heavy (non-hydrogen) atoms. The van der Waals surface area contributed by atoms with Gasteiger partial charge in [-0.3, -0.25) is 14.9 Å². The minimum Gasteiger partial charge on any atom is -0.384 e. The number of hydrogen-bond donors (Lipinski definition) is 2. The molecule has 1 aromatic rings. The third-order valence-corrected chi connectivity index (χ3v) is 2.02. The number of pyridine rings is 1. The van der Waals surface area contributed by atoms with Crippen LogP contribution in [-0.4, -0.2) is 22.4 Å². The zero-order valence-corrected chi connectivity index (χ0v) is 9.64. The molecule has 1 aromatic heterocycles. The van der Waals surface area contributed by atoms with Crippen LogP contribution in [0.2, 0.25) is 0 Å². The summed E-state index contributed by atoms with van der Waals surface area (Å²) in [5, 5.41) is 13.3. The van der Waals surface area contributed by atoms with Crippen molar-refractivity contribution in [3.63, 3.8) is 0 Å². The van der Waals surface area contributed by atoms with E-state index in [-0.39, 0.29) is 23.0 Å². The molecule has 0 fully saturated rings. The SMILES string of the molecule is CC(C)CNC(=O)c1cc(N)ncc1[N+](=O)[O-]. The average molecular weight is 238 g/mol. The molecule has 92 valence electrons. The molecule has 0 atom stereocenters. The molecule has 0 saturated heterocycles. The summed E-state index contributed by atoms with van der Waals surface area (Å²) in [5.41, 5.74) is 4.99. The highest BCUT2D eigenvalue weighted by molar-refractivity contribution is 5.98. The largest absolute Gasteiger partial charge is 0.384 e. The highest BCUT2D eigenvalue weighted by atomic mass is 16.6. The number of nitrogens with one attached hydrogen (secondary N) is 1. The number of rotatable bonds is 4. The third-order valence-electron chi connectivity index (χ3n) is 2.02. The Kier molecular flexibility index (Phi) is 3.97. The Morgan fingerprint density at radius 3 is 2.82 bits per heavy atom. The van der Waals surface area contributed by atoms with Crippen molar-refractivity contribution >= 4 is 17.4 Å². The topological polar surface area (TPSA) is 111 Å². The van der Waals surface area contributed by atoms with Crippen molar-refractivity contribution < 1.29 is 9.72 Å². The Balaban J connectivity index is 2.98. The van der Waals surface area contributed by atoms with Crippen LogP contribution in [0.4, 0.5) is 11.5 Å². The van der Waals surface area contributed by atoms with E-state index in [2.05, 4.69) is 10.3 Å². The zero-order valence-electron chi connectivity index (χ0n) is 9.64. The lowest BCUT2D eigenvalue weighted by Crippen LogP contribution is -2.28. The van der Waals surface area contributed by atoms with Crippen LogP contribution in [0.25, 0.3) is 0 Å². The molecular weight excluding hydrogens is 224 g/mol. The van der Waals surface area contributed by atoms with Crippen LogP contribution in [0.1, 0.15) is 24.2 Å². The maximum absolute atomic E-state index is 11.7. The van der Waals surface area contributed by atoms with Gasteiger partial charge in [0.05, 0.1) is 4.92 Å². The van der Waals surface area contributed by atoms with Crippen LogP contribution < -0.4 is 11.1 Å². The van der Waals surface area contributed by atoms with Crippen LogP contribution in [0.3, 0.4) is 0 Å². The Morgan fingerprint density at radius 1 is 1.65 bits per heavy atom. The Hall–Kier alpha value is -2.18. The average Bonchev–Trinajstić information content (AvgIpc) is 2.25. The van der Waals surface area contributed by atoms with E-state index in [9.17, 15) is 14.9 Å². The summed E-state index contributed by atoms with van der Waals surface area (Å²) < 4.78 is 0. The van der Waals surface area contributed by atoms with Gasteiger partial charge in [-0.25, -0.2) is 4.98 Å². The first-order chi connectivity index (χ1) is 7.91. The van der Waals surface area contributed by atoms with Gasteiger partial charge < -0.3 is 11.1 Å². The number of nitro groups is 1. The van der Waals surface area contributed by atoms with Crippen molar-refractivity contribution in [2.24, 2.45) is 5.92 Å². The second-order valence-corrected chi connectivity index (χ2v) is 3.99. The molecule has 0 radical (unpaired) electrons. The predicted molar refractivity (Wildman–Crippen MR) is 62.5 cm³/mol. The first kappa shape index (κ1) is 12.9. The summed E-state index contributed by atoms with van der Waals surface area (Å²) in [6, 6.07) is 1.20. The minimum absolute atomic E-state index is 0.0665. The summed E-state index contributed by atoms with van der Waals surface area (Å²) in [5.74, 6) is -0.179. The van der Waals surface area contributed by atoms with Gasteiger partial charge >= 0.3 is 0 Å². The van der Waals surface area contributed by atoms with Gasteiger partial charge in [-0.15, -0.1) is 0 Å². The Bertz CT molecular complexity index is 445. The molecule has 0 saturated carbocycles. The molecule has 7 nitrogen and oxygen atoms in total. The van der Waals surface area contributed by atoms with Gasteiger partial charge in [-0.2, -0.15) is 0 Å². The lowest BCUT2D eigenvalue weighted by molar-refractivity contribution is -0.385. The van der Waals surface area contributed by atoms with E-state index in [0.29, 0.717) is 6.54 Å². The van der Waals surface area contributed by atoms with E-state index in [1.165, 1.54) is 6.07 Å². The van der Waals surface area contributed by atoms with Crippen LogP contribution in [0.5, 0.6) is 0 Å². The number of carbonyl (C=O) groups excluding carboxylic acids is 1. The molecular formula is C10H14N4O3. The fourth-order valence-electron chi connectivity index (χ4n) is 1.18. The number of anilines is 1. The van der Waals surface area contributed by atoms with E-state index in [4.69, 9.17) is 5.73 Å². The van der Waals surface area contributed by atoms with Crippen molar-refractivity contribution in [3.8, 4) is 0 Å². The zero-order chi connectivity index (χ0) is 13.0. The maximum atomic E-state index is 11.7. The highest BCUT2D eigenvalue weighted by Crippen LogP contribution is 2.18. The summed E-state index contributed by atoms with van der Waals surface area (Å²) in [6.45, 7) is 4.30. The second-order valence-electron chi connectivity index (χ2n) is 3.99. The smallest absolute Gasteiger partial charge is 0.300 e. The summed E-state index contributed by atoms with van der Waals surface area (Å²) in [6.07, 6.45) is 0.986. The molecule has 3 N–H and O–H groups in total. The molecule has 1 amide bonds. The van der Waals surface area contributed by atoms with Gasteiger partial charge in [0, 0.05) is 6.54 Å². The van der Waals surface area contributed by atoms with Crippen LogP contribution >= 0.6 is 0 Å². The van der Waals surface area contributed by atoms with Crippen molar-refractivity contribution in [1.29, 1.82) is 0 Å². The standard InChI is InChI=1S/C10H14N4O3/c1-6(2)4-13-10(15)7-3-9(11)12-5-8(7)14(16)17/h3,5-6H,4H2,1-2H3,(H2,11,12)(H,13,15). The first-order valence-electron chi connectivity index (χ1n) is 5.10. The van der Waals surface area contributed by atoms with Gasteiger partial charge in [0.15, 0.2) is 0 Å². The molecule has 0 aliphatic rings. The van der Waals surface area contributed by atoms with Gasteiger partial charge in [0.1, 0.15) is 17.6 Å². The predicted octanol–water partition coefficient (Wildman–Crippen LogP) is 0.958. The van der Waals surface area contributed by atoms with Gasteiger partial charge in [-0.05, 0) is 12.0 Å². The van der Waals surface area contributed by atoms with E-state index in [1.807, 2.05) is 13.8 Å².